The highest BCUT2D eigenvalue weighted by Crippen LogP contribution is 2.38. The summed E-state index contributed by atoms with van der Waals surface area (Å²) < 4.78 is 10.6. The summed E-state index contributed by atoms with van der Waals surface area (Å²) in [6.45, 7) is 1.64. The van der Waals surface area contributed by atoms with Crippen molar-refractivity contribution in [3.8, 4) is 5.75 Å². The molecular formula is C20H22N2O5S. The number of nitrogens with one attached hydrogen (secondary N) is 1. The molecule has 1 aromatic heterocycles. The Morgan fingerprint density at radius 2 is 1.96 bits per heavy atom. The maximum atomic E-state index is 12.4. The van der Waals surface area contributed by atoms with Crippen LogP contribution in [0.1, 0.15) is 40.6 Å². The lowest BCUT2D eigenvalue weighted by Gasteiger charge is -2.14. The van der Waals surface area contributed by atoms with Gasteiger partial charge >= 0.3 is 5.97 Å². The van der Waals surface area contributed by atoms with Crippen LogP contribution in [0.15, 0.2) is 30.3 Å². The Bertz CT molecular complexity index is 878. The van der Waals surface area contributed by atoms with E-state index in [1.165, 1.54) is 18.3 Å². The number of para-hydroxylation sites is 1. The van der Waals surface area contributed by atoms with Crippen LogP contribution in [-0.4, -0.2) is 30.5 Å². The number of aryl methyl sites for hydroxylation is 1. The zero-order valence-electron chi connectivity index (χ0n) is 15.5. The van der Waals surface area contributed by atoms with Gasteiger partial charge in [-0.05, 0) is 43.9 Å². The second kappa shape index (κ2) is 8.88. The Balaban J connectivity index is 1.51. The van der Waals surface area contributed by atoms with Crippen LogP contribution >= 0.6 is 11.3 Å². The quantitative estimate of drug-likeness (QED) is 0.660. The van der Waals surface area contributed by atoms with Crippen molar-refractivity contribution >= 4 is 34.1 Å². The maximum Gasteiger partial charge on any atom is 0.310 e. The minimum absolute atomic E-state index is 0.0202. The monoisotopic (exact) mass is 402 g/mol. The molecule has 3 N–H and O–H groups in total. The summed E-state index contributed by atoms with van der Waals surface area (Å²) in [5, 5.41) is 3.11. The molecule has 2 amide bonds. The first-order valence-corrected chi connectivity index (χ1v) is 9.90. The molecule has 1 unspecified atom stereocenters. The predicted molar refractivity (Wildman–Crippen MR) is 106 cm³/mol. The second-order valence-electron chi connectivity index (χ2n) is 6.46. The first kappa shape index (κ1) is 19.9. The number of ether oxygens (including phenoxy) is 2. The van der Waals surface area contributed by atoms with Crippen LogP contribution in [0.5, 0.6) is 5.75 Å². The van der Waals surface area contributed by atoms with E-state index in [9.17, 15) is 14.4 Å². The number of fused-ring (bicyclic) bond motifs is 1. The van der Waals surface area contributed by atoms with E-state index < -0.39 is 23.9 Å². The topological polar surface area (TPSA) is 108 Å². The number of benzene rings is 1. The summed E-state index contributed by atoms with van der Waals surface area (Å²) in [6.07, 6.45) is 1.66. The van der Waals surface area contributed by atoms with Crippen molar-refractivity contribution in [1.29, 1.82) is 0 Å². The molecule has 8 heteroatoms. The fourth-order valence-corrected chi connectivity index (χ4v) is 4.34. The van der Waals surface area contributed by atoms with Crippen LogP contribution in [0, 0.1) is 0 Å². The van der Waals surface area contributed by atoms with Gasteiger partial charge in [-0.15, -0.1) is 11.3 Å². The first-order chi connectivity index (χ1) is 13.5. The molecule has 148 valence electrons. The van der Waals surface area contributed by atoms with E-state index in [-0.39, 0.29) is 13.0 Å². The van der Waals surface area contributed by atoms with Crippen LogP contribution in [0.25, 0.3) is 0 Å². The number of nitrogens with two attached hydrogens (primary N) is 1. The number of hydrogen-bond acceptors (Lipinski definition) is 6. The van der Waals surface area contributed by atoms with E-state index in [0.717, 1.165) is 29.7 Å². The summed E-state index contributed by atoms with van der Waals surface area (Å²) in [5.41, 5.74) is 6.79. The van der Waals surface area contributed by atoms with Gasteiger partial charge in [0.15, 0.2) is 6.10 Å². The number of esters is 1. The lowest BCUT2D eigenvalue weighted by Crippen LogP contribution is -2.31. The zero-order valence-corrected chi connectivity index (χ0v) is 16.3. The lowest BCUT2D eigenvalue weighted by molar-refractivity contribution is -0.153. The molecule has 1 aliphatic carbocycles. The first-order valence-electron chi connectivity index (χ1n) is 9.08. The smallest absolute Gasteiger partial charge is 0.310 e. The van der Waals surface area contributed by atoms with Gasteiger partial charge in [0.25, 0.3) is 11.8 Å². The van der Waals surface area contributed by atoms with Gasteiger partial charge in [0, 0.05) is 4.88 Å². The lowest BCUT2D eigenvalue weighted by atomic mass is 10.1. The molecule has 28 heavy (non-hydrogen) atoms. The normalized spacial score (nSPS) is 13.5. The molecular weight excluding hydrogens is 380 g/mol. The minimum atomic E-state index is -0.998. The summed E-state index contributed by atoms with van der Waals surface area (Å²) in [7, 11) is 0. The average Bonchev–Trinajstić information content (AvgIpc) is 3.22. The number of rotatable bonds is 8. The molecule has 0 saturated carbocycles. The molecule has 1 aliphatic rings. The highest BCUT2D eigenvalue weighted by molar-refractivity contribution is 7.17. The molecule has 1 heterocycles. The van der Waals surface area contributed by atoms with Crippen molar-refractivity contribution in [2.24, 2.45) is 5.73 Å². The zero-order chi connectivity index (χ0) is 20.1. The largest absolute Gasteiger partial charge is 0.493 e. The Labute approximate surface area is 166 Å². The minimum Gasteiger partial charge on any atom is -0.493 e. The maximum absolute atomic E-state index is 12.4. The molecule has 3 rings (SSSR count). The van der Waals surface area contributed by atoms with E-state index in [0.29, 0.717) is 16.3 Å². The molecule has 0 fully saturated rings. The Kier molecular flexibility index (Phi) is 6.30. The Morgan fingerprint density at radius 3 is 2.68 bits per heavy atom. The molecule has 1 atom stereocenters. The van der Waals surface area contributed by atoms with Crippen molar-refractivity contribution < 1.29 is 23.9 Å². The number of thiophene rings is 1. The van der Waals surface area contributed by atoms with E-state index in [1.54, 1.807) is 12.1 Å². The van der Waals surface area contributed by atoms with Gasteiger partial charge in [-0.1, -0.05) is 18.2 Å². The van der Waals surface area contributed by atoms with Crippen LogP contribution < -0.4 is 15.8 Å². The van der Waals surface area contributed by atoms with Crippen molar-refractivity contribution in [3.63, 3.8) is 0 Å². The molecule has 0 spiro atoms. The number of amides is 2. The van der Waals surface area contributed by atoms with Crippen LogP contribution in [0.4, 0.5) is 5.00 Å². The van der Waals surface area contributed by atoms with Gasteiger partial charge in [-0.25, -0.2) is 0 Å². The predicted octanol–water partition coefficient (Wildman–Crippen LogP) is 2.68. The Hall–Kier alpha value is -2.87. The second-order valence-corrected chi connectivity index (χ2v) is 7.56. The van der Waals surface area contributed by atoms with Crippen molar-refractivity contribution in [1.82, 2.24) is 0 Å². The number of primary amides is 1. The van der Waals surface area contributed by atoms with Crippen molar-refractivity contribution in [2.45, 2.75) is 38.7 Å². The molecule has 0 aliphatic heterocycles. The Morgan fingerprint density at radius 1 is 1.21 bits per heavy atom. The summed E-state index contributed by atoms with van der Waals surface area (Å²) in [4.78, 5) is 37.2. The fourth-order valence-electron chi connectivity index (χ4n) is 3.05. The third-order valence-corrected chi connectivity index (χ3v) is 5.61. The molecule has 7 nitrogen and oxygen atoms in total. The van der Waals surface area contributed by atoms with Gasteiger partial charge in [0.1, 0.15) is 10.8 Å². The van der Waals surface area contributed by atoms with E-state index in [2.05, 4.69) is 5.32 Å². The van der Waals surface area contributed by atoms with Crippen LogP contribution in [0.3, 0.4) is 0 Å². The van der Waals surface area contributed by atoms with E-state index in [1.807, 2.05) is 18.2 Å². The van der Waals surface area contributed by atoms with Gasteiger partial charge in [-0.3, -0.25) is 14.4 Å². The highest BCUT2D eigenvalue weighted by Gasteiger charge is 2.27. The third-order valence-electron chi connectivity index (χ3n) is 4.40. The molecule has 0 bridgehead atoms. The van der Waals surface area contributed by atoms with Crippen LogP contribution in [0.2, 0.25) is 0 Å². The molecule has 0 radical (unpaired) electrons. The number of carbonyl (C=O) groups excluding carboxylic acids is 3. The van der Waals surface area contributed by atoms with Gasteiger partial charge < -0.3 is 20.5 Å². The molecule has 0 saturated heterocycles. The van der Waals surface area contributed by atoms with Crippen molar-refractivity contribution in [3.05, 3.63) is 46.3 Å². The van der Waals surface area contributed by atoms with Crippen LogP contribution in [-0.2, 0) is 27.2 Å². The van der Waals surface area contributed by atoms with Gasteiger partial charge in [0.2, 0.25) is 0 Å². The number of anilines is 1. The number of hydrogen-bond donors (Lipinski definition) is 2. The van der Waals surface area contributed by atoms with E-state index in [4.69, 9.17) is 15.2 Å². The van der Waals surface area contributed by atoms with Crippen molar-refractivity contribution in [2.75, 3.05) is 11.9 Å². The number of carbonyl (C=O) groups is 3. The van der Waals surface area contributed by atoms with Gasteiger partial charge in [0.05, 0.1) is 18.6 Å². The highest BCUT2D eigenvalue weighted by atomic mass is 32.1. The fraction of sp³-hybridized carbons (Fsp3) is 0.350. The molecule has 1 aromatic carbocycles. The SMILES string of the molecule is CC(OC(=O)CCOc1ccccc1)C(=O)Nc1sc2c(c1C(N)=O)CCC2. The average molecular weight is 402 g/mol. The summed E-state index contributed by atoms with van der Waals surface area (Å²) in [5.74, 6) is -0.939. The molecule has 2 aromatic rings. The summed E-state index contributed by atoms with van der Waals surface area (Å²) >= 11 is 1.36. The third kappa shape index (κ3) is 4.69. The standard InChI is InChI=1S/C20H22N2O5S/c1-12(27-16(23)10-11-26-13-6-3-2-4-7-13)19(25)22-20-17(18(21)24)14-8-5-9-15(14)28-20/h2-4,6-7,12H,5,8-11H2,1H3,(H2,21,24)(H,22,25). The van der Waals surface area contributed by atoms with E-state index >= 15 is 0 Å². The summed E-state index contributed by atoms with van der Waals surface area (Å²) in [6, 6.07) is 9.11. The van der Waals surface area contributed by atoms with Gasteiger partial charge in [-0.2, -0.15) is 0 Å².